The number of rotatable bonds is 5. The quantitative estimate of drug-likeness (QED) is 0.805. The number of nitrogens with two attached hydrogens (primary N) is 1. The number of anilines is 1. The molecule has 0 aliphatic rings. The fourth-order valence-electron chi connectivity index (χ4n) is 1.97. The summed E-state index contributed by atoms with van der Waals surface area (Å²) in [5.74, 6) is -0.780. The van der Waals surface area contributed by atoms with Crippen molar-refractivity contribution in [2.24, 2.45) is 7.05 Å². The van der Waals surface area contributed by atoms with Gasteiger partial charge in [0.2, 0.25) is 10.0 Å². The van der Waals surface area contributed by atoms with E-state index in [-0.39, 0.29) is 17.8 Å². The van der Waals surface area contributed by atoms with Crippen LogP contribution >= 0.6 is 0 Å². The average molecular weight is 312 g/mol. The van der Waals surface area contributed by atoms with Crippen LogP contribution in [0.15, 0.2) is 29.4 Å². The van der Waals surface area contributed by atoms with Crippen molar-refractivity contribution in [3.63, 3.8) is 0 Å². The van der Waals surface area contributed by atoms with Gasteiger partial charge in [-0.1, -0.05) is 0 Å². The summed E-state index contributed by atoms with van der Waals surface area (Å²) in [4.78, 5) is -0.425. The van der Waals surface area contributed by atoms with Crippen LogP contribution in [-0.4, -0.2) is 24.7 Å². The standard InChI is InChI=1S/C13H17FN4O2S/c1-9-5-11(15)6-12(13(9)14)21(19,20)17-4-3-10-7-16-18(2)8-10/h5-8,17H,3-4,15H2,1-2H3. The Labute approximate surface area is 122 Å². The van der Waals surface area contributed by atoms with Crippen LogP contribution in [0.4, 0.5) is 10.1 Å². The number of hydrogen-bond acceptors (Lipinski definition) is 4. The number of hydrogen-bond donors (Lipinski definition) is 2. The lowest BCUT2D eigenvalue weighted by Gasteiger charge is -2.09. The third kappa shape index (κ3) is 3.59. The van der Waals surface area contributed by atoms with Crippen molar-refractivity contribution >= 4 is 15.7 Å². The van der Waals surface area contributed by atoms with Crippen LogP contribution in [0, 0.1) is 12.7 Å². The molecular formula is C13H17FN4O2S. The first-order valence-electron chi connectivity index (χ1n) is 6.32. The first-order chi connectivity index (χ1) is 9.79. The molecule has 8 heteroatoms. The van der Waals surface area contributed by atoms with Crippen LogP contribution in [0.25, 0.3) is 0 Å². The smallest absolute Gasteiger partial charge is 0.243 e. The molecule has 0 unspecified atom stereocenters. The molecule has 2 aromatic rings. The van der Waals surface area contributed by atoms with Crippen molar-refractivity contribution < 1.29 is 12.8 Å². The molecule has 0 atom stereocenters. The maximum absolute atomic E-state index is 13.9. The average Bonchev–Trinajstić information content (AvgIpc) is 2.79. The Balaban J connectivity index is 2.12. The molecule has 0 radical (unpaired) electrons. The molecule has 0 amide bonds. The first-order valence-corrected chi connectivity index (χ1v) is 7.81. The highest BCUT2D eigenvalue weighted by Crippen LogP contribution is 2.21. The summed E-state index contributed by atoms with van der Waals surface area (Å²) >= 11 is 0. The van der Waals surface area contributed by atoms with Crippen molar-refractivity contribution in [1.29, 1.82) is 0 Å². The molecule has 0 bridgehead atoms. The van der Waals surface area contributed by atoms with Crippen molar-refractivity contribution in [3.8, 4) is 0 Å². The second-order valence-corrected chi connectivity index (χ2v) is 6.56. The minimum absolute atomic E-state index is 0.154. The van der Waals surface area contributed by atoms with Crippen molar-refractivity contribution in [2.75, 3.05) is 12.3 Å². The molecule has 1 aromatic heterocycles. The monoisotopic (exact) mass is 312 g/mol. The van der Waals surface area contributed by atoms with Gasteiger partial charge in [-0.15, -0.1) is 0 Å². The SMILES string of the molecule is Cc1cc(N)cc(S(=O)(=O)NCCc2cnn(C)c2)c1F. The Morgan fingerprint density at radius 3 is 2.76 bits per heavy atom. The molecule has 21 heavy (non-hydrogen) atoms. The zero-order valence-corrected chi connectivity index (χ0v) is 12.6. The Kier molecular flexibility index (Phi) is 4.29. The fraction of sp³-hybridized carbons (Fsp3) is 0.308. The molecule has 6 nitrogen and oxygen atoms in total. The molecule has 2 rings (SSSR count). The summed E-state index contributed by atoms with van der Waals surface area (Å²) in [6, 6.07) is 2.51. The van der Waals surface area contributed by atoms with Crippen LogP contribution in [0.3, 0.4) is 0 Å². The van der Waals surface area contributed by atoms with Crippen LogP contribution in [0.1, 0.15) is 11.1 Å². The number of nitrogens with one attached hydrogen (secondary N) is 1. The predicted molar refractivity (Wildman–Crippen MR) is 77.6 cm³/mol. The maximum Gasteiger partial charge on any atom is 0.243 e. The lowest BCUT2D eigenvalue weighted by molar-refractivity contribution is 0.553. The molecule has 0 saturated heterocycles. The van der Waals surface area contributed by atoms with Gasteiger partial charge >= 0.3 is 0 Å². The van der Waals surface area contributed by atoms with E-state index in [1.807, 2.05) is 0 Å². The molecule has 0 aliphatic heterocycles. The summed E-state index contributed by atoms with van der Waals surface area (Å²) in [5, 5.41) is 3.99. The lowest BCUT2D eigenvalue weighted by atomic mass is 10.2. The molecular weight excluding hydrogens is 295 g/mol. The summed E-state index contributed by atoms with van der Waals surface area (Å²) in [5.41, 5.74) is 6.88. The zero-order valence-electron chi connectivity index (χ0n) is 11.8. The number of benzene rings is 1. The number of aromatic nitrogens is 2. The van der Waals surface area contributed by atoms with Crippen LogP contribution in [0.5, 0.6) is 0 Å². The zero-order chi connectivity index (χ0) is 15.6. The minimum Gasteiger partial charge on any atom is -0.399 e. The second kappa shape index (κ2) is 5.82. The first kappa shape index (κ1) is 15.5. The molecule has 3 N–H and O–H groups in total. The fourth-order valence-corrected chi connectivity index (χ4v) is 3.18. The Morgan fingerprint density at radius 1 is 1.43 bits per heavy atom. The van der Waals surface area contributed by atoms with Crippen molar-refractivity contribution in [3.05, 3.63) is 41.5 Å². The van der Waals surface area contributed by atoms with Crippen molar-refractivity contribution in [2.45, 2.75) is 18.2 Å². The van der Waals surface area contributed by atoms with E-state index < -0.39 is 20.7 Å². The number of halogens is 1. The summed E-state index contributed by atoms with van der Waals surface area (Å²) in [7, 11) is -2.16. The molecule has 114 valence electrons. The van der Waals surface area contributed by atoms with Gasteiger partial charge in [-0.05, 0) is 36.6 Å². The number of nitrogen functional groups attached to an aromatic ring is 1. The van der Waals surface area contributed by atoms with Crippen LogP contribution < -0.4 is 10.5 Å². The highest BCUT2D eigenvalue weighted by molar-refractivity contribution is 7.89. The summed E-state index contributed by atoms with van der Waals surface area (Å²) in [6.07, 6.45) is 3.91. The van der Waals surface area contributed by atoms with Gasteiger partial charge in [0, 0.05) is 25.5 Å². The lowest BCUT2D eigenvalue weighted by Crippen LogP contribution is -2.27. The van der Waals surface area contributed by atoms with Crippen LogP contribution in [-0.2, 0) is 23.5 Å². The molecule has 0 saturated carbocycles. The third-order valence-electron chi connectivity index (χ3n) is 3.00. The number of nitrogens with zero attached hydrogens (tertiary/aromatic N) is 2. The third-order valence-corrected chi connectivity index (χ3v) is 4.46. The van der Waals surface area contributed by atoms with Gasteiger partial charge in [-0.25, -0.2) is 17.5 Å². The molecule has 1 aromatic carbocycles. The van der Waals surface area contributed by atoms with Crippen molar-refractivity contribution in [1.82, 2.24) is 14.5 Å². The van der Waals surface area contributed by atoms with Gasteiger partial charge in [0.1, 0.15) is 10.7 Å². The predicted octanol–water partition coefficient (Wildman–Crippen LogP) is 0.971. The molecule has 1 heterocycles. The number of aryl methyl sites for hydroxylation is 2. The summed E-state index contributed by atoms with van der Waals surface area (Å²) < 4.78 is 42.2. The second-order valence-electron chi connectivity index (χ2n) is 4.82. The minimum atomic E-state index is -3.93. The largest absolute Gasteiger partial charge is 0.399 e. The van der Waals surface area contributed by atoms with Gasteiger partial charge in [0.25, 0.3) is 0 Å². The van der Waals surface area contributed by atoms with E-state index >= 15 is 0 Å². The van der Waals surface area contributed by atoms with Gasteiger partial charge in [-0.2, -0.15) is 5.10 Å². The van der Waals surface area contributed by atoms with E-state index in [1.165, 1.54) is 13.0 Å². The van der Waals surface area contributed by atoms with E-state index in [2.05, 4.69) is 9.82 Å². The Bertz CT molecular complexity index is 756. The Morgan fingerprint density at radius 2 is 2.14 bits per heavy atom. The highest BCUT2D eigenvalue weighted by Gasteiger charge is 2.20. The number of sulfonamides is 1. The van der Waals surface area contributed by atoms with Gasteiger partial charge in [0.15, 0.2) is 0 Å². The molecule has 0 fully saturated rings. The van der Waals surface area contributed by atoms with E-state index in [9.17, 15) is 12.8 Å². The van der Waals surface area contributed by atoms with E-state index in [1.54, 1.807) is 24.1 Å². The topological polar surface area (TPSA) is 90.0 Å². The normalized spacial score (nSPS) is 11.8. The van der Waals surface area contributed by atoms with Crippen LogP contribution in [0.2, 0.25) is 0 Å². The van der Waals surface area contributed by atoms with Gasteiger partial charge < -0.3 is 5.73 Å². The van der Waals surface area contributed by atoms with Gasteiger partial charge in [0.05, 0.1) is 6.20 Å². The molecule has 0 aliphatic carbocycles. The highest BCUT2D eigenvalue weighted by atomic mass is 32.2. The van der Waals surface area contributed by atoms with E-state index in [0.717, 1.165) is 11.6 Å². The Hall–Kier alpha value is -1.93. The van der Waals surface area contributed by atoms with Gasteiger partial charge in [-0.3, -0.25) is 4.68 Å². The van der Waals surface area contributed by atoms with E-state index in [4.69, 9.17) is 5.73 Å². The van der Waals surface area contributed by atoms with E-state index in [0.29, 0.717) is 6.42 Å². The molecule has 0 spiro atoms. The summed E-state index contributed by atoms with van der Waals surface area (Å²) in [6.45, 7) is 1.63. The maximum atomic E-state index is 13.9.